The highest BCUT2D eigenvalue weighted by Gasteiger charge is 2.44. The van der Waals surface area contributed by atoms with Crippen molar-refractivity contribution in [2.24, 2.45) is 5.92 Å². The molecule has 2 unspecified atom stereocenters. The van der Waals surface area contributed by atoms with Crippen molar-refractivity contribution < 1.29 is 9.59 Å². The first-order valence-corrected chi connectivity index (χ1v) is 5.45. The van der Waals surface area contributed by atoms with Gasteiger partial charge in [-0.25, -0.2) is 0 Å². The lowest BCUT2D eigenvalue weighted by Crippen LogP contribution is -2.27. The van der Waals surface area contributed by atoms with Crippen molar-refractivity contribution in [1.82, 2.24) is 0 Å². The zero-order valence-electron chi connectivity index (χ0n) is 8.40. The van der Waals surface area contributed by atoms with E-state index < -0.39 is 0 Å². The first kappa shape index (κ1) is 8.84. The number of fused-ring (bicyclic) bond motifs is 3. The predicted octanol–water partition coefficient (Wildman–Crippen LogP) is 2.34. The highest BCUT2D eigenvalue weighted by molar-refractivity contribution is 6.15. The molecule has 1 fully saturated rings. The monoisotopic (exact) mass is 200 g/mol. The Labute approximate surface area is 88.3 Å². The number of rotatable bonds is 0. The summed E-state index contributed by atoms with van der Waals surface area (Å²) >= 11 is 0. The van der Waals surface area contributed by atoms with E-state index in [4.69, 9.17) is 0 Å². The maximum absolute atomic E-state index is 12.0. The third-order valence-electron chi connectivity index (χ3n) is 3.60. The van der Waals surface area contributed by atoms with Crippen LogP contribution in [0.5, 0.6) is 0 Å². The fraction of sp³-hybridized carbons (Fsp3) is 0.385. The van der Waals surface area contributed by atoms with Crippen LogP contribution in [0.1, 0.15) is 41.1 Å². The van der Waals surface area contributed by atoms with Crippen molar-refractivity contribution in [3.63, 3.8) is 0 Å². The van der Waals surface area contributed by atoms with Crippen molar-refractivity contribution in [2.45, 2.75) is 25.2 Å². The number of ketones is 2. The van der Waals surface area contributed by atoms with Crippen LogP contribution < -0.4 is 0 Å². The first-order valence-electron chi connectivity index (χ1n) is 5.45. The summed E-state index contributed by atoms with van der Waals surface area (Å²) in [6, 6.07) is 7.67. The molecule has 0 radical (unpaired) electrons. The Bertz CT molecular complexity index is 448. The molecule has 2 aliphatic rings. The van der Waals surface area contributed by atoms with Gasteiger partial charge in [0.25, 0.3) is 0 Å². The molecule has 0 spiro atoms. The number of hydrogen-bond acceptors (Lipinski definition) is 2. The number of hydrogen-bond donors (Lipinski definition) is 0. The van der Waals surface area contributed by atoms with Gasteiger partial charge in [-0.05, 0) is 18.4 Å². The lowest BCUT2D eigenvalue weighted by Gasteiger charge is -2.22. The maximum Gasteiger partial charge on any atom is 0.174 e. The van der Waals surface area contributed by atoms with Crippen LogP contribution in [0.2, 0.25) is 0 Å². The first-order chi connectivity index (χ1) is 7.29. The molecular weight excluding hydrogens is 188 g/mol. The van der Waals surface area contributed by atoms with Crippen LogP contribution in [0.25, 0.3) is 0 Å². The molecule has 2 heteroatoms. The molecule has 0 saturated heterocycles. The molecule has 2 atom stereocenters. The maximum atomic E-state index is 12.0. The summed E-state index contributed by atoms with van der Waals surface area (Å²) in [5.74, 6) is 0.0267. The average molecular weight is 200 g/mol. The van der Waals surface area contributed by atoms with Crippen LogP contribution in [0.15, 0.2) is 24.3 Å². The smallest absolute Gasteiger partial charge is 0.174 e. The lowest BCUT2D eigenvalue weighted by molar-refractivity contribution is -0.123. The summed E-state index contributed by atoms with van der Waals surface area (Å²) in [5, 5.41) is 0. The minimum Gasteiger partial charge on any atom is -0.299 e. The van der Waals surface area contributed by atoms with E-state index in [0.717, 1.165) is 24.0 Å². The minimum atomic E-state index is -0.351. The van der Waals surface area contributed by atoms with Crippen LogP contribution in [0.3, 0.4) is 0 Å². The Morgan fingerprint density at radius 2 is 1.93 bits per heavy atom. The topological polar surface area (TPSA) is 34.1 Å². The summed E-state index contributed by atoms with van der Waals surface area (Å²) in [6.45, 7) is 0. The predicted molar refractivity (Wildman–Crippen MR) is 55.9 cm³/mol. The number of carbonyl (C=O) groups is 2. The van der Waals surface area contributed by atoms with Gasteiger partial charge in [-0.1, -0.05) is 24.3 Å². The Hall–Kier alpha value is -1.44. The molecule has 2 aliphatic carbocycles. The number of carbonyl (C=O) groups excluding carboxylic acids is 2. The molecule has 2 nitrogen and oxygen atoms in total. The molecule has 0 aliphatic heterocycles. The third kappa shape index (κ3) is 1.11. The van der Waals surface area contributed by atoms with E-state index in [0.29, 0.717) is 6.42 Å². The van der Waals surface area contributed by atoms with Crippen molar-refractivity contribution in [3.05, 3.63) is 35.4 Å². The summed E-state index contributed by atoms with van der Waals surface area (Å²) in [7, 11) is 0. The van der Waals surface area contributed by atoms with Gasteiger partial charge >= 0.3 is 0 Å². The highest BCUT2D eigenvalue weighted by Crippen LogP contribution is 2.44. The van der Waals surface area contributed by atoms with Gasteiger partial charge in [-0.2, -0.15) is 0 Å². The van der Waals surface area contributed by atoms with Crippen LogP contribution in [-0.4, -0.2) is 11.6 Å². The zero-order valence-corrected chi connectivity index (χ0v) is 8.40. The average Bonchev–Trinajstić information content (AvgIpc) is 2.55. The molecule has 1 aromatic rings. The standard InChI is InChI=1S/C13H12O2/c14-11-7-3-6-9-8-4-1-2-5-10(8)13(15)12(9)11/h1-2,4-5,9,12H,3,6-7H2. The molecule has 76 valence electrons. The molecule has 1 saturated carbocycles. The van der Waals surface area contributed by atoms with Gasteiger partial charge in [0.05, 0.1) is 5.92 Å². The molecule has 3 rings (SSSR count). The Morgan fingerprint density at radius 1 is 1.13 bits per heavy atom. The van der Waals surface area contributed by atoms with Gasteiger partial charge in [-0.3, -0.25) is 9.59 Å². The van der Waals surface area contributed by atoms with E-state index in [1.54, 1.807) is 0 Å². The van der Waals surface area contributed by atoms with E-state index in [1.807, 2.05) is 24.3 Å². The minimum absolute atomic E-state index is 0.0558. The molecule has 1 aromatic carbocycles. The second-order valence-electron chi connectivity index (χ2n) is 4.39. The molecule has 15 heavy (non-hydrogen) atoms. The van der Waals surface area contributed by atoms with Crippen molar-refractivity contribution in [3.8, 4) is 0 Å². The molecule has 0 bridgehead atoms. The normalized spacial score (nSPS) is 28.8. The van der Waals surface area contributed by atoms with Crippen LogP contribution in [-0.2, 0) is 4.79 Å². The zero-order chi connectivity index (χ0) is 10.4. The SMILES string of the molecule is O=C1CCCC2c3ccccc3C(=O)C12. The van der Waals surface area contributed by atoms with Crippen LogP contribution >= 0.6 is 0 Å². The Kier molecular flexibility index (Phi) is 1.78. The van der Waals surface area contributed by atoms with Crippen LogP contribution in [0, 0.1) is 5.92 Å². The Balaban J connectivity index is 2.14. The van der Waals surface area contributed by atoms with Gasteiger partial charge in [-0.15, -0.1) is 0 Å². The van der Waals surface area contributed by atoms with Gasteiger partial charge in [0.2, 0.25) is 0 Å². The van der Waals surface area contributed by atoms with E-state index >= 15 is 0 Å². The van der Waals surface area contributed by atoms with Crippen molar-refractivity contribution in [2.75, 3.05) is 0 Å². The van der Waals surface area contributed by atoms with Crippen molar-refractivity contribution >= 4 is 11.6 Å². The van der Waals surface area contributed by atoms with Gasteiger partial charge in [0, 0.05) is 17.9 Å². The van der Waals surface area contributed by atoms with E-state index in [-0.39, 0.29) is 23.4 Å². The van der Waals surface area contributed by atoms with Gasteiger partial charge in [0.1, 0.15) is 5.78 Å². The van der Waals surface area contributed by atoms with Gasteiger partial charge in [0.15, 0.2) is 5.78 Å². The van der Waals surface area contributed by atoms with E-state index in [2.05, 4.69) is 0 Å². The summed E-state index contributed by atoms with van der Waals surface area (Å²) in [4.78, 5) is 23.8. The van der Waals surface area contributed by atoms with Crippen LogP contribution in [0.4, 0.5) is 0 Å². The second-order valence-corrected chi connectivity index (χ2v) is 4.39. The third-order valence-corrected chi connectivity index (χ3v) is 3.60. The lowest BCUT2D eigenvalue weighted by atomic mass is 9.78. The molecular formula is C13H12O2. The van der Waals surface area contributed by atoms with Crippen molar-refractivity contribution in [1.29, 1.82) is 0 Å². The van der Waals surface area contributed by atoms with E-state index in [1.165, 1.54) is 0 Å². The summed E-state index contributed by atoms with van der Waals surface area (Å²) in [6.07, 6.45) is 2.50. The fourth-order valence-corrected chi connectivity index (χ4v) is 2.92. The Morgan fingerprint density at radius 3 is 2.80 bits per heavy atom. The highest BCUT2D eigenvalue weighted by atomic mass is 16.2. The fourth-order valence-electron chi connectivity index (χ4n) is 2.92. The molecule has 0 aromatic heterocycles. The van der Waals surface area contributed by atoms with Gasteiger partial charge < -0.3 is 0 Å². The van der Waals surface area contributed by atoms with E-state index in [9.17, 15) is 9.59 Å². The molecule has 0 amide bonds. The quantitative estimate of drug-likeness (QED) is 0.602. The molecule has 0 N–H and O–H groups in total. The number of benzene rings is 1. The summed E-state index contributed by atoms with van der Waals surface area (Å²) in [5.41, 5.74) is 1.88. The number of Topliss-reactive ketones (excluding diaryl/α,β-unsaturated/α-hetero) is 2. The second kappa shape index (κ2) is 3.02. The summed E-state index contributed by atoms with van der Waals surface area (Å²) < 4.78 is 0. The largest absolute Gasteiger partial charge is 0.299 e. The molecule has 0 heterocycles.